The minimum Gasteiger partial charge on any atom is -0.444 e. The zero-order valence-corrected chi connectivity index (χ0v) is 14.8. The molecule has 0 saturated heterocycles. The van der Waals surface area contributed by atoms with Crippen molar-refractivity contribution in [3.8, 4) is 0 Å². The number of rotatable bonds is 8. The molecule has 136 valence electrons. The molecule has 6 nitrogen and oxygen atoms in total. The van der Waals surface area contributed by atoms with Gasteiger partial charge in [0, 0.05) is 6.54 Å². The molecule has 3 N–H and O–H groups in total. The molecule has 0 aliphatic carbocycles. The summed E-state index contributed by atoms with van der Waals surface area (Å²) in [5.41, 5.74) is -0.603. The van der Waals surface area contributed by atoms with Crippen molar-refractivity contribution in [1.29, 1.82) is 0 Å². The van der Waals surface area contributed by atoms with Crippen LogP contribution in [0.3, 0.4) is 0 Å². The minimum atomic E-state index is -0.853. The molecule has 0 aliphatic rings. The number of alkyl carbamates (subject to hydrolysis) is 1. The van der Waals surface area contributed by atoms with Crippen LogP contribution in [-0.2, 0) is 4.74 Å². The van der Waals surface area contributed by atoms with Gasteiger partial charge in [-0.2, -0.15) is 4.39 Å². The fraction of sp³-hybridized carbons (Fsp3) is 0.647. The second-order valence-electron chi connectivity index (χ2n) is 6.69. The van der Waals surface area contributed by atoms with E-state index < -0.39 is 29.8 Å². The summed E-state index contributed by atoms with van der Waals surface area (Å²) in [6.07, 6.45) is 1.00. The second kappa shape index (κ2) is 9.42. The number of nitrogens with zero attached hydrogens (tertiary/aromatic N) is 1. The normalized spacial score (nSPS) is 13.9. The third kappa shape index (κ3) is 8.10. The molecule has 24 heavy (non-hydrogen) atoms. The highest BCUT2D eigenvalue weighted by molar-refractivity contribution is 5.68. The highest BCUT2D eigenvalue weighted by Crippen LogP contribution is 2.11. The first kappa shape index (κ1) is 20.2. The third-order valence-corrected chi connectivity index (χ3v) is 3.24. The molecule has 0 aromatic carbocycles. The Labute approximate surface area is 142 Å². The number of ether oxygens (including phenoxy) is 1. The molecule has 1 amide bonds. The number of aliphatic hydroxyl groups excluding tert-OH is 1. The fourth-order valence-corrected chi connectivity index (χ4v) is 2.10. The van der Waals surface area contributed by atoms with Crippen molar-refractivity contribution < 1.29 is 19.0 Å². The van der Waals surface area contributed by atoms with Crippen molar-refractivity contribution in [2.45, 2.75) is 64.7 Å². The van der Waals surface area contributed by atoms with Gasteiger partial charge in [-0.15, -0.1) is 0 Å². The summed E-state index contributed by atoms with van der Waals surface area (Å²) in [4.78, 5) is 15.6. The first-order valence-electron chi connectivity index (χ1n) is 8.25. The molecule has 0 saturated carbocycles. The summed E-state index contributed by atoms with van der Waals surface area (Å²) in [6.45, 7) is 7.51. The molecule has 0 bridgehead atoms. The number of aliphatic hydroxyl groups is 1. The van der Waals surface area contributed by atoms with Gasteiger partial charge in [-0.05, 0) is 39.3 Å². The van der Waals surface area contributed by atoms with E-state index in [9.17, 15) is 14.3 Å². The Bertz CT molecular complexity index is 520. The van der Waals surface area contributed by atoms with Crippen LogP contribution in [0.1, 0.15) is 47.0 Å². The van der Waals surface area contributed by atoms with Crippen LogP contribution in [0.2, 0.25) is 0 Å². The lowest BCUT2D eigenvalue weighted by molar-refractivity contribution is 0.0425. The Balaban J connectivity index is 2.60. The first-order valence-corrected chi connectivity index (χ1v) is 8.25. The predicted octanol–water partition coefficient (Wildman–Crippen LogP) is 3.08. The number of aromatic nitrogens is 1. The maximum atomic E-state index is 13.1. The van der Waals surface area contributed by atoms with Gasteiger partial charge in [-0.1, -0.05) is 25.8 Å². The van der Waals surface area contributed by atoms with Gasteiger partial charge >= 0.3 is 6.09 Å². The molecule has 1 aromatic rings. The predicted molar refractivity (Wildman–Crippen MR) is 91.4 cm³/mol. The number of nitrogens with one attached hydrogen (secondary N) is 2. The van der Waals surface area contributed by atoms with Crippen molar-refractivity contribution >= 4 is 11.9 Å². The lowest BCUT2D eigenvalue weighted by Gasteiger charge is -2.27. The highest BCUT2D eigenvalue weighted by atomic mass is 19.1. The van der Waals surface area contributed by atoms with Crippen molar-refractivity contribution in [3.63, 3.8) is 0 Å². The number of anilines is 1. The lowest BCUT2D eigenvalue weighted by Crippen LogP contribution is -2.47. The van der Waals surface area contributed by atoms with Crippen LogP contribution < -0.4 is 10.6 Å². The topological polar surface area (TPSA) is 83.5 Å². The van der Waals surface area contributed by atoms with Crippen molar-refractivity contribution in [1.82, 2.24) is 10.3 Å². The summed E-state index contributed by atoms with van der Waals surface area (Å²) in [5, 5.41) is 15.9. The van der Waals surface area contributed by atoms with Crippen LogP contribution in [0, 0.1) is 5.95 Å². The molecular weight excluding hydrogens is 313 g/mol. The highest BCUT2D eigenvalue weighted by Gasteiger charge is 2.24. The number of hydrogen-bond acceptors (Lipinski definition) is 5. The maximum absolute atomic E-state index is 13.1. The Hall–Kier alpha value is -1.89. The van der Waals surface area contributed by atoms with Crippen LogP contribution in [0.5, 0.6) is 0 Å². The van der Waals surface area contributed by atoms with Crippen LogP contribution in [-0.4, -0.2) is 40.5 Å². The molecular formula is C17H28FN3O3. The summed E-state index contributed by atoms with van der Waals surface area (Å²) in [7, 11) is 0. The molecule has 1 rings (SSSR count). The Morgan fingerprint density at radius 1 is 1.42 bits per heavy atom. The Morgan fingerprint density at radius 2 is 2.12 bits per heavy atom. The number of pyridine rings is 1. The number of carbonyl (C=O) groups is 1. The average molecular weight is 341 g/mol. The smallest absolute Gasteiger partial charge is 0.407 e. The summed E-state index contributed by atoms with van der Waals surface area (Å²) in [5.74, 6) is -0.260. The largest absolute Gasteiger partial charge is 0.444 e. The van der Waals surface area contributed by atoms with Crippen molar-refractivity contribution in [2.75, 3.05) is 11.9 Å². The van der Waals surface area contributed by atoms with E-state index in [1.807, 2.05) is 6.92 Å². The lowest BCUT2D eigenvalue weighted by atomic mass is 10.0. The molecule has 1 unspecified atom stereocenters. The van der Waals surface area contributed by atoms with Crippen molar-refractivity contribution in [3.05, 3.63) is 24.1 Å². The molecule has 0 radical (unpaired) electrons. The fourth-order valence-electron chi connectivity index (χ4n) is 2.10. The molecule has 0 aliphatic heterocycles. The maximum Gasteiger partial charge on any atom is 0.407 e. The molecule has 1 heterocycles. The van der Waals surface area contributed by atoms with E-state index >= 15 is 0 Å². The molecule has 1 aromatic heterocycles. The van der Waals surface area contributed by atoms with Gasteiger partial charge in [0.1, 0.15) is 11.4 Å². The number of unbranched alkanes of at least 4 members (excludes halogenated alkanes) is 1. The first-order chi connectivity index (χ1) is 11.2. The monoisotopic (exact) mass is 341 g/mol. The zero-order valence-electron chi connectivity index (χ0n) is 14.8. The molecule has 0 fully saturated rings. The van der Waals surface area contributed by atoms with Crippen LogP contribution in [0.25, 0.3) is 0 Å². The average Bonchev–Trinajstić information content (AvgIpc) is 2.47. The standard InChI is InChI=1S/C17H28FN3O3/c1-5-6-8-12(20-16(23)24-17(2,3)4)13(22)11-19-15-10-7-9-14(18)21-15/h7,9-10,12-13,22H,5-6,8,11H2,1-4H3,(H,19,21)(H,20,23)/t12-,13?/m0/s1. The van der Waals surface area contributed by atoms with E-state index in [2.05, 4.69) is 15.6 Å². The van der Waals surface area contributed by atoms with Gasteiger partial charge in [-0.25, -0.2) is 9.78 Å². The third-order valence-electron chi connectivity index (χ3n) is 3.24. The SMILES string of the molecule is CCCC[C@H](NC(=O)OC(C)(C)C)C(O)CNc1cccc(F)n1. The number of halogens is 1. The minimum absolute atomic E-state index is 0.140. The van der Waals surface area contributed by atoms with E-state index in [0.717, 1.165) is 12.8 Å². The molecule has 2 atom stereocenters. The Kier molecular flexibility index (Phi) is 7.91. The van der Waals surface area contributed by atoms with Gasteiger partial charge in [0.15, 0.2) is 0 Å². The Morgan fingerprint density at radius 3 is 2.71 bits per heavy atom. The van der Waals surface area contributed by atoms with Crippen molar-refractivity contribution in [2.24, 2.45) is 0 Å². The van der Waals surface area contributed by atoms with Gasteiger partial charge in [0.25, 0.3) is 0 Å². The van der Waals surface area contributed by atoms with Gasteiger partial charge < -0.3 is 20.5 Å². The van der Waals surface area contributed by atoms with Gasteiger partial charge in [-0.3, -0.25) is 0 Å². The van der Waals surface area contributed by atoms with Crippen LogP contribution in [0.15, 0.2) is 18.2 Å². The van der Waals surface area contributed by atoms with Crippen LogP contribution in [0.4, 0.5) is 15.0 Å². The van der Waals surface area contributed by atoms with E-state index in [4.69, 9.17) is 4.74 Å². The molecule has 0 spiro atoms. The quantitative estimate of drug-likeness (QED) is 0.633. The van der Waals surface area contributed by atoms with E-state index in [1.165, 1.54) is 12.1 Å². The number of amides is 1. The summed E-state index contributed by atoms with van der Waals surface area (Å²) in [6, 6.07) is 3.93. The number of carbonyl (C=O) groups excluding carboxylic acids is 1. The van der Waals surface area contributed by atoms with Gasteiger partial charge in [0.2, 0.25) is 5.95 Å². The van der Waals surface area contributed by atoms with E-state index in [0.29, 0.717) is 12.2 Å². The second-order valence-corrected chi connectivity index (χ2v) is 6.69. The summed E-state index contributed by atoms with van der Waals surface area (Å²) >= 11 is 0. The van der Waals surface area contributed by atoms with E-state index in [1.54, 1.807) is 26.8 Å². The number of hydrogen-bond donors (Lipinski definition) is 3. The van der Waals surface area contributed by atoms with Gasteiger partial charge in [0.05, 0.1) is 12.1 Å². The molecule has 7 heteroatoms. The zero-order chi connectivity index (χ0) is 18.2. The summed E-state index contributed by atoms with van der Waals surface area (Å²) < 4.78 is 18.3. The van der Waals surface area contributed by atoms with E-state index in [-0.39, 0.29) is 6.54 Å². The van der Waals surface area contributed by atoms with Crippen LogP contribution >= 0.6 is 0 Å².